The second-order valence-electron chi connectivity index (χ2n) is 7.23. The molecule has 3 aromatic rings. The Morgan fingerprint density at radius 3 is 2.52 bits per heavy atom. The number of carbonyl (C=O) groups is 1. The van der Waals surface area contributed by atoms with E-state index >= 15 is 0 Å². The van der Waals surface area contributed by atoms with Crippen LogP contribution < -0.4 is 9.46 Å². The molecule has 1 amide bonds. The third-order valence-corrected chi connectivity index (χ3v) is 6.59. The number of rotatable bonds is 5. The maximum Gasteiger partial charge on any atom is 0.262 e. The maximum atomic E-state index is 13.9. The Labute approximate surface area is 180 Å². The summed E-state index contributed by atoms with van der Waals surface area (Å²) < 4.78 is 46.7. The Bertz CT molecular complexity index is 1230. The minimum Gasteiger partial charge on any atom is -0.494 e. The quantitative estimate of drug-likeness (QED) is 0.654. The van der Waals surface area contributed by atoms with Gasteiger partial charge < -0.3 is 9.64 Å². The molecule has 0 saturated heterocycles. The molecule has 0 aliphatic carbocycles. The summed E-state index contributed by atoms with van der Waals surface area (Å²) in [5.74, 6) is -0.854. The number of amides is 1. The van der Waals surface area contributed by atoms with Crippen LogP contribution in [0.5, 0.6) is 5.75 Å². The molecule has 31 heavy (non-hydrogen) atoms. The zero-order valence-corrected chi connectivity index (χ0v) is 17.7. The summed E-state index contributed by atoms with van der Waals surface area (Å²) >= 11 is 0. The number of hydrogen-bond acceptors (Lipinski definition) is 4. The van der Waals surface area contributed by atoms with Crippen LogP contribution in [0.2, 0.25) is 0 Å². The van der Waals surface area contributed by atoms with Gasteiger partial charge in [-0.2, -0.15) is 0 Å². The Balaban J connectivity index is 1.54. The molecule has 3 aromatic carbocycles. The third-order valence-electron chi connectivity index (χ3n) is 5.21. The van der Waals surface area contributed by atoms with Gasteiger partial charge in [-0.25, -0.2) is 12.8 Å². The highest BCUT2D eigenvalue weighted by Crippen LogP contribution is 2.26. The van der Waals surface area contributed by atoms with Gasteiger partial charge >= 0.3 is 0 Å². The molecule has 0 radical (unpaired) electrons. The van der Waals surface area contributed by atoms with Gasteiger partial charge in [0.05, 0.1) is 12.0 Å². The van der Waals surface area contributed by atoms with E-state index in [1.54, 1.807) is 29.2 Å². The summed E-state index contributed by atoms with van der Waals surface area (Å²) in [7, 11) is -2.68. The van der Waals surface area contributed by atoms with Crippen LogP contribution in [-0.4, -0.2) is 32.9 Å². The first-order chi connectivity index (χ1) is 14.9. The van der Waals surface area contributed by atoms with E-state index in [1.807, 2.05) is 24.3 Å². The van der Waals surface area contributed by atoms with Gasteiger partial charge in [0, 0.05) is 24.3 Å². The molecule has 0 saturated carbocycles. The third kappa shape index (κ3) is 4.39. The fraction of sp³-hybridized carbons (Fsp3) is 0.174. The number of benzene rings is 3. The maximum absolute atomic E-state index is 13.9. The van der Waals surface area contributed by atoms with E-state index in [1.165, 1.54) is 19.2 Å². The molecule has 0 bridgehead atoms. The molecule has 4 rings (SSSR count). The fourth-order valence-electron chi connectivity index (χ4n) is 3.59. The highest BCUT2D eigenvalue weighted by molar-refractivity contribution is 7.92. The van der Waals surface area contributed by atoms with Gasteiger partial charge in [0.2, 0.25) is 0 Å². The second-order valence-corrected chi connectivity index (χ2v) is 8.91. The SMILES string of the molecule is COc1ccc(S(=O)(=O)Nc2ccc3c(c2)CN(C(=O)c2ccccc2)CC3)cc1F. The first kappa shape index (κ1) is 20.9. The second kappa shape index (κ2) is 8.39. The number of halogens is 1. The molecule has 0 spiro atoms. The van der Waals surface area contributed by atoms with Crippen LogP contribution in [0.3, 0.4) is 0 Å². The van der Waals surface area contributed by atoms with Crippen LogP contribution in [0, 0.1) is 5.82 Å². The van der Waals surface area contributed by atoms with Crippen LogP contribution in [0.25, 0.3) is 0 Å². The van der Waals surface area contributed by atoms with Crippen LogP contribution in [0.1, 0.15) is 21.5 Å². The average Bonchev–Trinajstić information content (AvgIpc) is 2.78. The topological polar surface area (TPSA) is 75.7 Å². The molecule has 0 atom stereocenters. The smallest absolute Gasteiger partial charge is 0.262 e. The number of methoxy groups -OCH3 is 1. The molecule has 1 heterocycles. The zero-order chi connectivity index (χ0) is 22.0. The number of fused-ring (bicyclic) bond motifs is 1. The fourth-order valence-corrected chi connectivity index (χ4v) is 4.65. The first-order valence-corrected chi connectivity index (χ1v) is 11.2. The van der Waals surface area contributed by atoms with Gasteiger partial charge in [0.25, 0.3) is 15.9 Å². The Kier molecular flexibility index (Phi) is 5.65. The first-order valence-electron chi connectivity index (χ1n) is 9.70. The predicted molar refractivity (Wildman–Crippen MR) is 115 cm³/mol. The molecule has 1 aliphatic heterocycles. The van der Waals surface area contributed by atoms with E-state index in [4.69, 9.17) is 4.74 Å². The molecule has 1 aliphatic rings. The lowest BCUT2D eigenvalue weighted by molar-refractivity contribution is 0.0734. The molecule has 8 heteroatoms. The molecule has 6 nitrogen and oxygen atoms in total. The zero-order valence-electron chi connectivity index (χ0n) is 16.8. The minimum absolute atomic E-state index is 0.0316. The number of anilines is 1. The highest BCUT2D eigenvalue weighted by Gasteiger charge is 2.23. The summed E-state index contributed by atoms with van der Waals surface area (Å²) in [5.41, 5.74) is 2.90. The van der Waals surface area contributed by atoms with E-state index in [-0.39, 0.29) is 16.6 Å². The van der Waals surface area contributed by atoms with Crippen molar-refractivity contribution in [2.75, 3.05) is 18.4 Å². The van der Waals surface area contributed by atoms with Crippen LogP contribution in [0.15, 0.2) is 71.6 Å². The van der Waals surface area contributed by atoms with Gasteiger partial charge in [-0.1, -0.05) is 24.3 Å². The van der Waals surface area contributed by atoms with Gasteiger partial charge in [-0.3, -0.25) is 9.52 Å². The van der Waals surface area contributed by atoms with E-state index in [0.29, 0.717) is 30.8 Å². The van der Waals surface area contributed by atoms with Crippen molar-refractivity contribution in [2.24, 2.45) is 0 Å². The molecular formula is C23H21FN2O4S. The largest absolute Gasteiger partial charge is 0.494 e. The summed E-state index contributed by atoms with van der Waals surface area (Å²) in [6, 6.07) is 17.8. The Hall–Kier alpha value is -3.39. The number of sulfonamides is 1. The van der Waals surface area contributed by atoms with Crippen molar-refractivity contribution in [3.63, 3.8) is 0 Å². The number of nitrogens with zero attached hydrogens (tertiary/aromatic N) is 1. The number of ether oxygens (including phenoxy) is 1. The number of carbonyl (C=O) groups excluding carboxylic acids is 1. The van der Waals surface area contributed by atoms with Gasteiger partial charge in [-0.15, -0.1) is 0 Å². The summed E-state index contributed by atoms with van der Waals surface area (Å²) in [6.07, 6.45) is 0.685. The van der Waals surface area contributed by atoms with Gasteiger partial charge in [0.1, 0.15) is 0 Å². The highest BCUT2D eigenvalue weighted by atomic mass is 32.2. The summed E-state index contributed by atoms with van der Waals surface area (Å²) in [6.45, 7) is 0.979. The molecule has 1 N–H and O–H groups in total. The lowest BCUT2D eigenvalue weighted by Gasteiger charge is -2.29. The van der Waals surface area contributed by atoms with Crippen LogP contribution >= 0.6 is 0 Å². The number of nitrogens with one attached hydrogen (secondary N) is 1. The van der Waals surface area contributed by atoms with Crippen molar-refractivity contribution in [1.29, 1.82) is 0 Å². The van der Waals surface area contributed by atoms with Crippen molar-refractivity contribution < 1.29 is 22.3 Å². The predicted octanol–water partition coefficient (Wildman–Crippen LogP) is 3.83. The molecule has 0 fully saturated rings. The summed E-state index contributed by atoms with van der Waals surface area (Å²) in [5, 5.41) is 0. The molecule has 0 aromatic heterocycles. The van der Waals surface area contributed by atoms with Crippen molar-refractivity contribution in [3.8, 4) is 5.75 Å². The summed E-state index contributed by atoms with van der Waals surface area (Å²) in [4.78, 5) is 14.3. The monoisotopic (exact) mass is 440 g/mol. The van der Waals surface area contributed by atoms with Crippen molar-refractivity contribution in [3.05, 3.63) is 89.2 Å². The standard InChI is InChI=1S/C23H21FN2O4S/c1-30-22-10-9-20(14-21(22)24)31(28,29)25-19-8-7-16-11-12-26(15-18(16)13-19)23(27)17-5-3-2-4-6-17/h2-10,13-14,25H,11-12,15H2,1H3. The molecule has 160 valence electrons. The molecule has 0 unspecified atom stereocenters. The minimum atomic E-state index is -3.99. The number of hydrogen-bond donors (Lipinski definition) is 1. The van der Waals surface area contributed by atoms with Crippen LogP contribution in [0.4, 0.5) is 10.1 Å². The van der Waals surface area contributed by atoms with E-state index < -0.39 is 15.8 Å². The lowest BCUT2D eigenvalue weighted by atomic mass is 9.98. The normalized spacial score (nSPS) is 13.4. The average molecular weight is 440 g/mol. The Morgan fingerprint density at radius 1 is 1.03 bits per heavy atom. The van der Waals surface area contributed by atoms with Crippen LogP contribution in [-0.2, 0) is 23.0 Å². The van der Waals surface area contributed by atoms with Crippen molar-refractivity contribution >= 4 is 21.6 Å². The van der Waals surface area contributed by atoms with E-state index in [9.17, 15) is 17.6 Å². The Morgan fingerprint density at radius 2 is 1.81 bits per heavy atom. The van der Waals surface area contributed by atoms with Crippen molar-refractivity contribution in [1.82, 2.24) is 4.90 Å². The van der Waals surface area contributed by atoms with E-state index in [0.717, 1.165) is 17.2 Å². The molecular weight excluding hydrogens is 419 g/mol. The van der Waals surface area contributed by atoms with Crippen molar-refractivity contribution in [2.45, 2.75) is 17.9 Å². The van der Waals surface area contributed by atoms with Gasteiger partial charge in [0.15, 0.2) is 11.6 Å². The van der Waals surface area contributed by atoms with E-state index in [2.05, 4.69) is 4.72 Å². The van der Waals surface area contributed by atoms with Gasteiger partial charge in [-0.05, 0) is 60.0 Å². The lowest BCUT2D eigenvalue weighted by Crippen LogP contribution is -2.36.